The molecule has 5 rings (SSSR count). The topological polar surface area (TPSA) is 50.8 Å². The molecule has 1 N–H and O–H groups in total. The van der Waals surface area contributed by atoms with Crippen LogP contribution in [0.4, 0.5) is 0 Å². The molecule has 1 atom stereocenters. The molecule has 0 aliphatic carbocycles. The van der Waals surface area contributed by atoms with Crippen molar-refractivity contribution in [1.29, 1.82) is 0 Å². The van der Waals surface area contributed by atoms with Crippen LogP contribution in [0.1, 0.15) is 26.7 Å². The van der Waals surface area contributed by atoms with Crippen molar-refractivity contribution in [2.24, 2.45) is 5.92 Å². The molecule has 1 heterocycles. The monoisotopic (exact) mass is 516 g/mol. The highest BCUT2D eigenvalue weighted by molar-refractivity contribution is 7.77. The second kappa shape index (κ2) is 10.9. The standard InChI is InChI=1S/C31H37N2O3P/c1-22(2)27(21-33-19-9-10-20-33)32-37(34,30-17-15-28(35-3)23-11-5-7-13-25(23)30)31-18-16-29(36-4)24-12-6-8-14-26(24)31/h5-8,11-18,22,27H,9-10,19-21H2,1-4H3,(H,32,34)/t27-/m0/s1. The molecule has 0 bridgehead atoms. The fourth-order valence-electron chi connectivity index (χ4n) is 5.56. The second-order valence-electron chi connectivity index (χ2n) is 10.3. The van der Waals surface area contributed by atoms with Gasteiger partial charge >= 0.3 is 0 Å². The van der Waals surface area contributed by atoms with Crippen LogP contribution in [0.15, 0.2) is 72.8 Å². The van der Waals surface area contributed by atoms with Gasteiger partial charge in [0.2, 0.25) is 7.29 Å². The van der Waals surface area contributed by atoms with Crippen molar-refractivity contribution in [2.45, 2.75) is 32.7 Å². The maximum Gasteiger partial charge on any atom is 0.206 e. The molecule has 0 spiro atoms. The Hall–Kier alpha value is -2.85. The van der Waals surface area contributed by atoms with Crippen LogP contribution in [0.5, 0.6) is 11.5 Å². The van der Waals surface area contributed by atoms with E-state index in [1.807, 2.05) is 60.7 Å². The second-order valence-corrected chi connectivity index (χ2v) is 12.7. The van der Waals surface area contributed by atoms with Crippen molar-refractivity contribution in [3.63, 3.8) is 0 Å². The van der Waals surface area contributed by atoms with E-state index in [1.54, 1.807) is 14.2 Å². The first kappa shape index (κ1) is 25.8. The molecule has 0 saturated carbocycles. The molecule has 194 valence electrons. The molecule has 5 nitrogen and oxygen atoms in total. The van der Waals surface area contributed by atoms with E-state index in [4.69, 9.17) is 9.47 Å². The smallest absolute Gasteiger partial charge is 0.206 e. The van der Waals surface area contributed by atoms with E-state index < -0.39 is 7.29 Å². The quantitative estimate of drug-likeness (QED) is 0.279. The molecule has 6 heteroatoms. The molecular formula is C31H37N2O3P. The van der Waals surface area contributed by atoms with Gasteiger partial charge in [0.1, 0.15) is 11.5 Å². The molecule has 0 radical (unpaired) electrons. The minimum atomic E-state index is -3.33. The molecule has 1 aliphatic rings. The van der Waals surface area contributed by atoms with E-state index in [-0.39, 0.29) is 6.04 Å². The van der Waals surface area contributed by atoms with E-state index in [1.165, 1.54) is 12.8 Å². The number of fused-ring (bicyclic) bond motifs is 2. The number of likely N-dealkylation sites (tertiary alicyclic amines) is 1. The van der Waals surface area contributed by atoms with Crippen molar-refractivity contribution in [3.8, 4) is 11.5 Å². The summed E-state index contributed by atoms with van der Waals surface area (Å²) in [6, 6.07) is 24.1. The van der Waals surface area contributed by atoms with Gasteiger partial charge in [0, 0.05) is 34.0 Å². The van der Waals surface area contributed by atoms with E-state index in [9.17, 15) is 0 Å². The highest BCUT2D eigenvalue weighted by Gasteiger charge is 2.35. The first-order valence-electron chi connectivity index (χ1n) is 13.2. The van der Waals surface area contributed by atoms with Gasteiger partial charge in [0.25, 0.3) is 0 Å². The summed E-state index contributed by atoms with van der Waals surface area (Å²) in [7, 11) is 0.0330. The zero-order valence-corrected chi connectivity index (χ0v) is 23.1. The van der Waals surface area contributed by atoms with Crippen LogP contribution < -0.4 is 25.2 Å². The van der Waals surface area contributed by atoms with Crippen molar-refractivity contribution in [1.82, 2.24) is 9.99 Å². The van der Waals surface area contributed by atoms with Crippen LogP contribution >= 0.6 is 7.29 Å². The predicted molar refractivity (Wildman–Crippen MR) is 155 cm³/mol. The summed E-state index contributed by atoms with van der Waals surface area (Å²) in [5.74, 6) is 1.87. The van der Waals surface area contributed by atoms with E-state index >= 15 is 4.57 Å². The van der Waals surface area contributed by atoms with Gasteiger partial charge in [0.15, 0.2) is 0 Å². The Bertz CT molecular complexity index is 1350. The maximum atomic E-state index is 15.7. The number of nitrogens with zero attached hydrogens (tertiary/aromatic N) is 1. The van der Waals surface area contributed by atoms with Crippen LogP contribution in [0.3, 0.4) is 0 Å². The first-order valence-corrected chi connectivity index (χ1v) is 14.9. The highest BCUT2D eigenvalue weighted by Crippen LogP contribution is 2.46. The van der Waals surface area contributed by atoms with Crippen LogP contribution in [-0.2, 0) is 4.57 Å². The average molecular weight is 517 g/mol. The fourth-order valence-corrected chi connectivity index (χ4v) is 8.58. The minimum Gasteiger partial charge on any atom is -0.496 e. The Labute approximate surface area is 220 Å². The van der Waals surface area contributed by atoms with Crippen molar-refractivity contribution in [2.75, 3.05) is 33.9 Å². The van der Waals surface area contributed by atoms with Gasteiger partial charge in [-0.1, -0.05) is 62.4 Å². The van der Waals surface area contributed by atoms with Gasteiger partial charge in [-0.2, -0.15) is 0 Å². The molecule has 0 unspecified atom stereocenters. The first-order chi connectivity index (χ1) is 18.0. The fraction of sp³-hybridized carbons (Fsp3) is 0.355. The summed E-state index contributed by atoms with van der Waals surface area (Å²) < 4.78 is 27.1. The summed E-state index contributed by atoms with van der Waals surface area (Å²) in [5, 5.41) is 9.22. The third-order valence-corrected chi connectivity index (χ3v) is 10.5. The van der Waals surface area contributed by atoms with Crippen LogP contribution in [-0.4, -0.2) is 44.8 Å². The number of rotatable bonds is 9. The average Bonchev–Trinajstić information content (AvgIpc) is 3.44. The van der Waals surface area contributed by atoms with E-state index in [2.05, 4.69) is 36.0 Å². The summed E-state index contributed by atoms with van der Waals surface area (Å²) in [5.41, 5.74) is 0. The SMILES string of the molecule is COc1ccc(P(=O)(N[C@@H](CN2CCCC2)C(C)C)c2ccc(OC)c3ccccc23)c2ccccc12. The van der Waals surface area contributed by atoms with E-state index in [0.29, 0.717) is 5.92 Å². The largest absolute Gasteiger partial charge is 0.496 e. The number of ether oxygens (including phenoxy) is 2. The zero-order chi connectivity index (χ0) is 26.0. The Balaban J connectivity index is 1.75. The molecule has 4 aromatic carbocycles. The highest BCUT2D eigenvalue weighted by atomic mass is 31.2. The van der Waals surface area contributed by atoms with Crippen LogP contribution in [0.25, 0.3) is 21.5 Å². The van der Waals surface area contributed by atoms with Gasteiger partial charge in [-0.15, -0.1) is 0 Å². The van der Waals surface area contributed by atoms with Crippen LogP contribution in [0, 0.1) is 5.92 Å². The Kier molecular flexibility index (Phi) is 7.57. The summed E-state index contributed by atoms with van der Waals surface area (Å²) in [6.45, 7) is 7.52. The molecule has 4 aromatic rings. The van der Waals surface area contributed by atoms with Crippen molar-refractivity contribution in [3.05, 3.63) is 72.8 Å². The van der Waals surface area contributed by atoms with Gasteiger partial charge < -0.3 is 14.4 Å². The molecule has 0 aromatic heterocycles. The predicted octanol–water partition coefficient (Wildman–Crippen LogP) is 5.95. The number of nitrogens with one attached hydrogen (secondary N) is 1. The van der Waals surface area contributed by atoms with E-state index in [0.717, 1.165) is 63.3 Å². The lowest BCUT2D eigenvalue weighted by molar-refractivity contribution is 0.274. The number of hydrogen-bond donors (Lipinski definition) is 1. The maximum absolute atomic E-state index is 15.7. The number of methoxy groups -OCH3 is 2. The molecule has 1 aliphatic heterocycles. The number of hydrogen-bond acceptors (Lipinski definition) is 4. The molecule has 37 heavy (non-hydrogen) atoms. The zero-order valence-electron chi connectivity index (χ0n) is 22.2. The van der Waals surface area contributed by atoms with Crippen LogP contribution in [0.2, 0.25) is 0 Å². The molecule has 0 amide bonds. The lowest BCUT2D eigenvalue weighted by atomic mass is 10.1. The van der Waals surface area contributed by atoms with Crippen molar-refractivity contribution >= 4 is 39.4 Å². The summed E-state index contributed by atoms with van der Waals surface area (Å²) >= 11 is 0. The molecule has 1 saturated heterocycles. The third-order valence-electron chi connectivity index (χ3n) is 7.65. The van der Waals surface area contributed by atoms with Gasteiger partial charge in [-0.05, 0) is 66.9 Å². The third kappa shape index (κ3) is 4.88. The lowest BCUT2D eigenvalue weighted by Gasteiger charge is -2.33. The van der Waals surface area contributed by atoms with Gasteiger partial charge in [-0.25, -0.2) is 0 Å². The summed E-state index contributed by atoms with van der Waals surface area (Å²) in [4.78, 5) is 2.50. The normalized spacial score (nSPS) is 15.5. The molecule has 1 fully saturated rings. The minimum absolute atomic E-state index is 0.0608. The lowest BCUT2D eigenvalue weighted by Crippen LogP contribution is -2.45. The summed E-state index contributed by atoms with van der Waals surface area (Å²) in [6.07, 6.45) is 2.46. The molecular weight excluding hydrogens is 479 g/mol. The Morgan fingerprint density at radius 2 is 1.22 bits per heavy atom. The Morgan fingerprint density at radius 1 is 0.757 bits per heavy atom. The number of benzene rings is 4. The Morgan fingerprint density at radius 3 is 1.65 bits per heavy atom. The van der Waals surface area contributed by atoms with Gasteiger partial charge in [0.05, 0.1) is 14.2 Å². The van der Waals surface area contributed by atoms with Gasteiger partial charge in [-0.3, -0.25) is 9.65 Å². The van der Waals surface area contributed by atoms with Crippen molar-refractivity contribution < 1.29 is 14.0 Å².